The van der Waals surface area contributed by atoms with Crippen molar-refractivity contribution < 1.29 is 9.53 Å². The fourth-order valence-electron chi connectivity index (χ4n) is 4.83. The summed E-state index contributed by atoms with van der Waals surface area (Å²) in [6, 6.07) is 9.47. The quantitative estimate of drug-likeness (QED) is 0.225. The van der Waals surface area contributed by atoms with E-state index in [0.717, 1.165) is 75.6 Å². The van der Waals surface area contributed by atoms with Gasteiger partial charge in [-0.3, -0.25) is 4.79 Å². The molecule has 1 aliphatic rings. The van der Waals surface area contributed by atoms with Gasteiger partial charge in [0.25, 0.3) is 0 Å². The summed E-state index contributed by atoms with van der Waals surface area (Å²) < 4.78 is 5.40. The van der Waals surface area contributed by atoms with Gasteiger partial charge in [-0.25, -0.2) is 9.83 Å². The molecule has 218 valence electrons. The van der Waals surface area contributed by atoms with Crippen LogP contribution < -0.4 is 20.4 Å². The lowest BCUT2D eigenvalue weighted by Crippen LogP contribution is -2.41. The molecule has 1 fully saturated rings. The predicted octanol–water partition coefficient (Wildman–Crippen LogP) is 5.46. The Hall–Kier alpha value is -3.38. The van der Waals surface area contributed by atoms with Crippen LogP contribution in [0.1, 0.15) is 65.5 Å². The van der Waals surface area contributed by atoms with Crippen LogP contribution in [-0.2, 0) is 16.0 Å². The Bertz CT molecular complexity index is 1080. The Morgan fingerprint density at radius 2 is 1.82 bits per heavy atom. The molecule has 2 N–H and O–H groups in total. The maximum absolute atomic E-state index is 13.1. The van der Waals surface area contributed by atoms with E-state index in [0.29, 0.717) is 43.6 Å². The van der Waals surface area contributed by atoms with Gasteiger partial charge in [-0.2, -0.15) is 4.98 Å². The molecule has 1 atom stereocenters. The van der Waals surface area contributed by atoms with E-state index in [9.17, 15) is 4.79 Å². The normalized spacial score (nSPS) is 14.5. The zero-order chi connectivity index (χ0) is 28.7. The lowest BCUT2D eigenvalue weighted by atomic mass is 10.0. The average molecular weight is 550 g/mol. The SMILES string of the molecule is [C-]#[N+]c1ccc(N2CCCN(c3nc(CCCC)cc(N[C@@H](CC(C)C)C(=O)NCCCOCC)n3)CC2)cc1. The minimum Gasteiger partial charge on any atom is -0.382 e. The van der Waals surface area contributed by atoms with Gasteiger partial charge in [-0.05, 0) is 57.1 Å². The summed E-state index contributed by atoms with van der Waals surface area (Å²) in [5.41, 5.74) is 2.80. The molecule has 0 unspecified atom stereocenters. The van der Waals surface area contributed by atoms with Crippen molar-refractivity contribution in [3.05, 3.63) is 47.4 Å². The molecule has 2 aromatic rings. The number of anilines is 3. The second-order valence-electron chi connectivity index (χ2n) is 10.8. The average Bonchev–Trinajstić information content (AvgIpc) is 3.22. The van der Waals surface area contributed by atoms with Crippen molar-refractivity contribution >= 4 is 29.0 Å². The van der Waals surface area contributed by atoms with Crippen molar-refractivity contribution in [2.75, 3.05) is 61.1 Å². The molecule has 0 bridgehead atoms. The van der Waals surface area contributed by atoms with Crippen LogP contribution in [-0.4, -0.2) is 67.9 Å². The highest BCUT2D eigenvalue weighted by atomic mass is 16.5. The molecular formula is C31H47N7O2. The van der Waals surface area contributed by atoms with E-state index in [1.807, 2.05) is 37.3 Å². The number of hydrogen-bond acceptors (Lipinski definition) is 7. The third-order valence-electron chi connectivity index (χ3n) is 6.99. The number of ether oxygens (including phenoxy) is 1. The first-order chi connectivity index (χ1) is 19.4. The first-order valence-corrected chi connectivity index (χ1v) is 14.9. The van der Waals surface area contributed by atoms with E-state index in [1.165, 1.54) is 0 Å². The molecule has 0 aliphatic carbocycles. The van der Waals surface area contributed by atoms with Crippen LogP contribution in [0.5, 0.6) is 0 Å². The lowest BCUT2D eigenvalue weighted by Gasteiger charge is -2.25. The number of carbonyl (C=O) groups is 1. The molecule has 0 radical (unpaired) electrons. The highest BCUT2D eigenvalue weighted by molar-refractivity contribution is 5.84. The van der Waals surface area contributed by atoms with E-state index in [1.54, 1.807) is 0 Å². The number of nitrogens with one attached hydrogen (secondary N) is 2. The lowest BCUT2D eigenvalue weighted by molar-refractivity contribution is -0.122. The number of amides is 1. The van der Waals surface area contributed by atoms with Crippen molar-refractivity contribution in [2.45, 2.75) is 72.3 Å². The maximum atomic E-state index is 13.1. The van der Waals surface area contributed by atoms with E-state index in [4.69, 9.17) is 21.3 Å². The fourth-order valence-corrected chi connectivity index (χ4v) is 4.83. The van der Waals surface area contributed by atoms with Gasteiger partial charge in [0.05, 0.1) is 6.57 Å². The maximum Gasteiger partial charge on any atom is 0.242 e. The van der Waals surface area contributed by atoms with Crippen molar-refractivity contribution in [2.24, 2.45) is 5.92 Å². The third-order valence-corrected chi connectivity index (χ3v) is 6.99. The number of rotatable bonds is 15. The highest BCUT2D eigenvalue weighted by Crippen LogP contribution is 2.23. The number of nitrogens with zero attached hydrogens (tertiary/aromatic N) is 5. The number of hydrogen-bond donors (Lipinski definition) is 2. The van der Waals surface area contributed by atoms with E-state index >= 15 is 0 Å². The number of aryl methyl sites for hydroxylation is 1. The molecule has 1 aromatic heterocycles. The molecule has 9 heteroatoms. The van der Waals surface area contributed by atoms with Gasteiger partial charge in [0.1, 0.15) is 11.9 Å². The Kier molecular flexibility index (Phi) is 13.0. The summed E-state index contributed by atoms with van der Waals surface area (Å²) >= 11 is 0. The van der Waals surface area contributed by atoms with Crippen molar-refractivity contribution in [3.63, 3.8) is 0 Å². The molecule has 1 aromatic carbocycles. The van der Waals surface area contributed by atoms with Gasteiger partial charge in [-0.15, -0.1) is 0 Å². The van der Waals surface area contributed by atoms with E-state index in [2.05, 4.69) is 46.0 Å². The van der Waals surface area contributed by atoms with Crippen molar-refractivity contribution in [3.8, 4) is 0 Å². The largest absolute Gasteiger partial charge is 0.382 e. The summed E-state index contributed by atoms with van der Waals surface area (Å²) in [6.45, 7) is 21.0. The number of benzene rings is 1. The smallest absolute Gasteiger partial charge is 0.242 e. The minimum absolute atomic E-state index is 0.00452. The topological polar surface area (TPSA) is 87.0 Å². The number of carbonyl (C=O) groups excluding carboxylic acids is 1. The van der Waals surface area contributed by atoms with Crippen LogP contribution >= 0.6 is 0 Å². The highest BCUT2D eigenvalue weighted by Gasteiger charge is 2.23. The molecule has 2 heterocycles. The molecule has 1 amide bonds. The van der Waals surface area contributed by atoms with Crippen LogP contribution in [0, 0.1) is 12.5 Å². The zero-order valence-corrected chi connectivity index (χ0v) is 24.8. The van der Waals surface area contributed by atoms with Gasteiger partial charge in [0.15, 0.2) is 5.69 Å². The molecule has 0 spiro atoms. The zero-order valence-electron chi connectivity index (χ0n) is 24.8. The second-order valence-corrected chi connectivity index (χ2v) is 10.8. The van der Waals surface area contributed by atoms with E-state index in [-0.39, 0.29) is 11.9 Å². The summed E-state index contributed by atoms with van der Waals surface area (Å²) in [5, 5.41) is 6.54. The Labute approximate surface area is 240 Å². The molecule has 0 saturated carbocycles. The first kappa shape index (κ1) is 31.2. The summed E-state index contributed by atoms with van der Waals surface area (Å²) in [7, 11) is 0. The van der Waals surface area contributed by atoms with Crippen molar-refractivity contribution in [1.82, 2.24) is 15.3 Å². The standard InChI is InChI=1S/C31H47N7O2/c1-6-8-11-26-23-29(35-28(22-24(3)4)30(39)33-16-9-21-40-7-2)36-31(34-26)38-18-10-17-37(19-20-38)27-14-12-25(32-5)13-15-27/h12-15,23-24,28H,6-11,16-22H2,1-4H3,(H,33,39)(H,34,35,36)/t28-/m0/s1. The molecular weight excluding hydrogens is 502 g/mol. The van der Waals surface area contributed by atoms with Gasteiger partial charge in [0.2, 0.25) is 11.9 Å². The van der Waals surface area contributed by atoms with Crippen molar-refractivity contribution in [1.29, 1.82) is 0 Å². The van der Waals surface area contributed by atoms with Gasteiger partial charge < -0.3 is 25.2 Å². The number of unbranched alkanes of at least 4 members (excludes halogenated alkanes) is 1. The molecule has 40 heavy (non-hydrogen) atoms. The van der Waals surface area contributed by atoms with Crippen LogP contribution in [0.3, 0.4) is 0 Å². The monoisotopic (exact) mass is 549 g/mol. The fraction of sp³-hybridized carbons (Fsp3) is 0.613. The second kappa shape index (κ2) is 16.7. The molecule has 1 saturated heterocycles. The van der Waals surface area contributed by atoms with Crippen LogP contribution in [0.15, 0.2) is 30.3 Å². The molecule has 9 nitrogen and oxygen atoms in total. The van der Waals surface area contributed by atoms with Gasteiger partial charge in [-0.1, -0.05) is 39.3 Å². The Balaban J connectivity index is 1.74. The van der Waals surface area contributed by atoms with Crippen LogP contribution in [0.2, 0.25) is 0 Å². The summed E-state index contributed by atoms with van der Waals surface area (Å²) in [5.74, 6) is 1.78. The van der Waals surface area contributed by atoms with E-state index < -0.39 is 0 Å². The van der Waals surface area contributed by atoms with Crippen LogP contribution in [0.25, 0.3) is 4.85 Å². The molecule has 3 rings (SSSR count). The number of aromatic nitrogens is 2. The molecule has 1 aliphatic heterocycles. The summed E-state index contributed by atoms with van der Waals surface area (Å²) in [6.07, 6.45) is 5.52. The van der Waals surface area contributed by atoms with Gasteiger partial charge >= 0.3 is 0 Å². The summed E-state index contributed by atoms with van der Waals surface area (Å²) in [4.78, 5) is 31.1. The first-order valence-electron chi connectivity index (χ1n) is 14.9. The predicted molar refractivity (Wildman–Crippen MR) is 163 cm³/mol. The van der Waals surface area contributed by atoms with Crippen LogP contribution in [0.4, 0.5) is 23.1 Å². The van der Waals surface area contributed by atoms with Gasteiger partial charge in [0, 0.05) is 63.4 Å². The Morgan fingerprint density at radius 1 is 1.07 bits per heavy atom. The third kappa shape index (κ3) is 9.98. The Morgan fingerprint density at radius 3 is 2.52 bits per heavy atom. The minimum atomic E-state index is -0.369.